The summed E-state index contributed by atoms with van der Waals surface area (Å²) >= 11 is 0. The third-order valence-corrected chi connectivity index (χ3v) is 5.40. The van der Waals surface area contributed by atoms with E-state index < -0.39 is 0 Å². The van der Waals surface area contributed by atoms with Crippen LogP contribution in [0.4, 0.5) is 0 Å². The summed E-state index contributed by atoms with van der Waals surface area (Å²) in [6, 6.07) is 21.8. The van der Waals surface area contributed by atoms with Crippen molar-refractivity contribution < 1.29 is 5.73 Å². The zero-order valence-electron chi connectivity index (χ0n) is 14.8. The normalized spacial score (nSPS) is 13.0. The first-order chi connectivity index (χ1) is 11.2. The van der Waals surface area contributed by atoms with Gasteiger partial charge in [-0.25, -0.2) is 0 Å². The Morgan fingerprint density at radius 3 is 1.96 bits per heavy atom. The fourth-order valence-electron chi connectivity index (χ4n) is 3.58. The van der Waals surface area contributed by atoms with Gasteiger partial charge in [0.2, 0.25) is 0 Å². The van der Waals surface area contributed by atoms with Gasteiger partial charge in [-0.2, -0.15) is 0 Å². The molecule has 2 rings (SSSR count). The molecule has 0 spiro atoms. The van der Waals surface area contributed by atoms with E-state index in [1.54, 1.807) is 0 Å². The van der Waals surface area contributed by atoms with Crippen LogP contribution in [0.3, 0.4) is 0 Å². The lowest BCUT2D eigenvalue weighted by Gasteiger charge is -2.33. The molecule has 23 heavy (non-hydrogen) atoms. The van der Waals surface area contributed by atoms with Crippen molar-refractivity contribution in [2.45, 2.75) is 63.8 Å². The van der Waals surface area contributed by atoms with Crippen molar-refractivity contribution in [3.63, 3.8) is 0 Å². The summed E-state index contributed by atoms with van der Waals surface area (Å²) in [7, 11) is 0. The molecule has 1 nitrogen and oxygen atoms in total. The van der Waals surface area contributed by atoms with E-state index in [1.807, 2.05) is 0 Å². The van der Waals surface area contributed by atoms with Gasteiger partial charge in [0.15, 0.2) is 0 Å². The predicted octanol–water partition coefficient (Wildman–Crippen LogP) is 4.98. The Hall–Kier alpha value is -1.60. The summed E-state index contributed by atoms with van der Waals surface area (Å²) in [6.45, 7) is 4.58. The lowest BCUT2D eigenvalue weighted by atomic mass is 9.73. The van der Waals surface area contributed by atoms with Crippen LogP contribution in [-0.2, 0) is 6.42 Å². The number of unbranched alkanes of at least 4 members (excludes halogenated alkanes) is 1. The van der Waals surface area contributed by atoms with Crippen molar-refractivity contribution in [1.82, 2.24) is 0 Å². The van der Waals surface area contributed by atoms with Crippen molar-refractivity contribution in [1.29, 1.82) is 0 Å². The van der Waals surface area contributed by atoms with Gasteiger partial charge in [0.1, 0.15) is 5.54 Å². The highest BCUT2D eigenvalue weighted by Crippen LogP contribution is 2.34. The smallest absolute Gasteiger partial charge is 0.101 e. The van der Waals surface area contributed by atoms with Crippen LogP contribution in [0.1, 0.15) is 63.0 Å². The minimum Gasteiger partial charge on any atom is -0.352 e. The lowest BCUT2D eigenvalue weighted by Crippen LogP contribution is -2.74. The molecular formula is C22H32N+. The maximum Gasteiger partial charge on any atom is 0.101 e. The minimum absolute atomic E-state index is 0.161. The van der Waals surface area contributed by atoms with Crippen LogP contribution in [0.15, 0.2) is 60.7 Å². The topological polar surface area (TPSA) is 27.6 Å². The number of quaternary nitrogens is 1. The molecular weight excluding hydrogens is 278 g/mol. The molecule has 124 valence electrons. The van der Waals surface area contributed by atoms with Gasteiger partial charge >= 0.3 is 0 Å². The first kappa shape index (κ1) is 17.7. The molecule has 3 N–H and O–H groups in total. The van der Waals surface area contributed by atoms with E-state index in [4.69, 9.17) is 0 Å². The van der Waals surface area contributed by atoms with Crippen LogP contribution in [0.2, 0.25) is 0 Å². The van der Waals surface area contributed by atoms with Crippen LogP contribution in [0.25, 0.3) is 0 Å². The Labute approximate surface area is 141 Å². The summed E-state index contributed by atoms with van der Waals surface area (Å²) in [5.41, 5.74) is 7.70. The van der Waals surface area contributed by atoms with Crippen LogP contribution in [0, 0.1) is 0 Å². The second kappa shape index (κ2) is 8.88. The molecule has 0 bridgehead atoms. The van der Waals surface area contributed by atoms with Crippen molar-refractivity contribution in [3.05, 3.63) is 71.8 Å². The largest absolute Gasteiger partial charge is 0.352 e. The molecule has 0 saturated carbocycles. The summed E-state index contributed by atoms with van der Waals surface area (Å²) in [5.74, 6) is 0.564. The Balaban J connectivity index is 1.98. The molecule has 0 aromatic heterocycles. The molecule has 2 aromatic carbocycles. The Bertz CT molecular complexity index is 543. The van der Waals surface area contributed by atoms with E-state index in [-0.39, 0.29) is 5.54 Å². The molecule has 1 unspecified atom stereocenters. The standard InChI is InChI=1S/C22H31N/c1-3-22(23,4-2)21(20-16-9-6-10-17-20)18-12-11-15-19-13-7-5-8-14-19/h5-10,13-14,16-17,21H,3-4,11-12,15,18,23H2,1-2H3/p+1. The molecule has 0 fully saturated rings. The monoisotopic (exact) mass is 310 g/mol. The van der Waals surface area contributed by atoms with Gasteiger partial charge in [-0.15, -0.1) is 0 Å². The van der Waals surface area contributed by atoms with Crippen LogP contribution < -0.4 is 5.73 Å². The predicted molar refractivity (Wildman–Crippen MR) is 99.4 cm³/mol. The Morgan fingerprint density at radius 2 is 1.39 bits per heavy atom. The van der Waals surface area contributed by atoms with Gasteiger partial charge in [-0.3, -0.25) is 0 Å². The first-order valence-electron chi connectivity index (χ1n) is 9.14. The van der Waals surface area contributed by atoms with Gasteiger partial charge in [0, 0.05) is 5.92 Å². The van der Waals surface area contributed by atoms with E-state index in [1.165, 1.54) is 36.8 Å². The van der Waals surface area contributed by atoms with E-state index in [0.717, 1.165) is 12.8 Å². The number of aryl methyl sites for hydroxylation is 1. The summed E-state index contributed by atoms with van der Waals surface area (Å²) in [4.78, 5) is 0. The second-order valence-corrected chi connectivity index (χ2v) is 6.76. The SMILES string of the molecule is CCC([NH3+])(CC)C(CCCCc1ccccc1)c1ccccc1. The molecule has 1 atom stereocenters. The van der Waals surface area contributed by atoms with Crippen molar-refractivity contribution in [2.24, 2.45) is 0 Å². The highest BCUT2D eigenvalue weighted by molar-refractivity contribution is 5.22. The molecule has 0 heterocycles. The zero-order valence-corrected chi connectivity index (χ0v) is 14.8. The molecule has 0 radical (unpaired) electrons. The average Bonchev–Trinajstić information content (AvgIpc) is 2.63. The third-order valence-electron chi connectivity index (χ3n) is 5.40. The van der Waals surface area contributed by atoms with Gasteiger partial charge < -0.3 is 5.73 Å². The van der Waals surface area contributed by atoms with E-state index in [9.17, 15) is 0 Å². The van der Waals surface area contributed by atoms with Crippen molar-refractivity contribution >= 4 is 0 Å². The number of hydrogen-bond acceptors (Lipinski definition) is 0. The Kier molecular flexibility index (Phi) is 6.85. The quantitative estimate of drug-likeness (QED) is 0.632. The van der Waals surface area contributed by atoms with Crippen molar-refractivity contribution in [3.8, 4) is 0 Å². The maximum atomic E-state index is 4.62. The second-order valence-electron chi connectivity index (χ2n) is 6.76. The summed E-state index contributed by atoms with van der Waals surface area (Å²) < 4.78 is 0. The highest BCUT2D eigenvalue weighted by Gasteiger charge is 2.35. The fraction of sp³-hybridized carbons (Fsp3) is 0.455. The van der Waals surface area contributed by atoms with Crippen LogP contribution in [-0.4, -0.2) is 5.54 Å². The first-order valence-corrected chi connectivity index (χ1v) is 9.14. The number of hydrogen-bond donors (Lipinski definition) is 1. The van der Waals surface area contributed by atoms with Gasteiger partial charge in [0.25, 0.3) is 0 Å². The molecule has 2 aromatic rings. The average molecular weight is 311 g/mol. The number of benzene rings is 2. The van der Waals surface area contributed by atoms with Gasteiger partial charge in [-0.1, -0.05) is 80.9 Å². The fourth-order valence-corrected chi connectivity index (χ4v) is 3.58. The molecule has 1 heteroatoms. The molecule has 0 aliphatic heterocycles. The maximum absolute atomic E-state index is 4.62. The van der Waals surface area contributed by atoms with E-state index >= 15 is 0 Å². The van der Waals surface area contributed by atoms with Crippen LogP contribution in [0.5, 0.6) is 0 Å². The van der Waals surface area contributed by atoms with Gasteiger partial charge in [0.05, 0.1) is 0 Å². The van der Waals surface area contributed by atoms with E-state index in [0.29, 0.717) is 5.92 Å². The Morgan fingerprint density at radius 1 is 0.826 bits per heavy atom. The number of rotatable bonds is 9. The van der Waals surface area contributed by atoms with Crippen molar-refractivity contribution in [2.75, 3.05) is 0 Å². The van der Waals surface area contributed by atoms with Crippen LogP contribution >= 0.6 is 0 Å². The lowest BCUT2D eigenvalue weighted by molar-refractivity contribution is -0.487. The van der Waals surface area contributed by atoms with E-state index in [2.05, 4.69) is 80.2 Å². The minimum atomic E-state index is 0.161. The molecule has 0 aliphatic rings. The summed E-state index contributed by atoms with van der Waals surface area (Å²) in [6.07, 6.45) is 7.23. The van der Waals surface area contributed by atoms with Gasteiger partial charge in [-0.05, 0) is 43.2 Å². The zero-order chi connectivity index (χ0) is 16.5. The molecule has 0 amide bonds. The third kappa shape index (κ3) is 4.94. The summed E-state index contributed by atoms with van der Waals surface area (Å²) in [5, 5.41) is 0. The highest BCUT2D eigenvalue weighted by atomic mass is 14.8. The molecule has 0 saturated heterocycles. The molecule has 0 aliphatic carbocycles.